The topological polar surface area (TPSA) is 38.7 Å². The third-order valence-corrected chi connectivity index (χ3v) is 3.06. The van der Waals surface area contributed by atoms with Crippen LogP contribution in [0.4, 0.5) is 4.39 Å². The predicted octanol–water partition coefficient (Wildman–Crippen LogP) is 1.99. The molecule has 0 aliphatic carbocycles. The summed E-state index contributed by atoms with van der Waals surface area (Å²) in [6.07, 6.45) is 1.11. The average Bonchev–Trinajstić information content (AvgIpc) is 2.38. The summed E-state index contributed by atoms with van der Waals surface area (Å²) in [5.74, 6) is -0.0131. The predicted molar refractivity (Wildman–Crippen MR) is 61.4 cm³/mol. The van der Waals surface area contributed by atoms with E-state index in [2.05, 4.69) is 0 Å². The molecule has 17 heavy (non-hydrogen) atoms. The van der Waals surface area contributed by atoms with Gasteiger partial charge in [-0.1, -0.05) is 12.1 Å². The van der Waals surface area contributed by atoms with Crippen LogP contribution in [0.2, 0.25) is 0 Å². The minimum atomic E-state index is -0.557. The summed E-state index contributed by atoms with van der Waals surface area (Å²) in [6, 6.07) is 6.22. The van der Waals surface area contributed by atoms with E-state index in [1.807, 2.05) is 0 Å². The van der Waals surface area contributed by atoms with Crippen LogP contribution in [-0.4, -0.2) is 31.0 Å². The zero-order chi connectivity index (χ0) is 12.1. The van der Waals surface area contributed by atoms with Gasteiger partial charge in [-0.15, -0.1) is 0 Å². The normalized spacial score (nSPS) is 18.9. The molecule has 1 aliphatic rings. The lowest BCUT2D eigenvalue weighted by Crippen LogP contribution is -2.32. The van der Waals surface area contributed by atoms with Gasteiger partial charge in [0.05, 0.1) is 6.10 Å². The van der Waals surface area contributed by atoms with E-state index in [-0.39, 0.29) is 18.3 Å². The number of para-hydroxylation sites is 1. The van der Waals surface area contributed by atoms with Crippen LogP contribution >= 0.6 is 0 Å². The molecule has 0 saturated carbocycles. The Morgan fingerprint density at radius 3 is 2.76 bits per heavy atom. The molecule has 1 saturated heterocycles. The van der Waals surface area contributed by atoms with Crippen LogP contribution in [0.1, 0.15) is 12.8 Å². The van der Waals surface area contributed by atoms with E-state index in [9.17, 15) is 9.50 Å². The summed E-state index contributed by atoms with van der Waals surface area (Å²) in [7, 11) is 0. The zero-order valence-electron chi connectivity index (χ0n) is 9.64. The highest BCUT2D eigenvalue weighted by molar-refractivity contribution is 5.23. The van der Waals surface area contributed by atoms with E-state index in [0.717, 1.165) is 12.8 Å². The maximum atomic E-state index is 13.3. The fraction of sp³-hybridized carbons (Fsp3) is 0.538. The number of aliphatic hydroxyl groups excluding tert-OH is 1. The molecule has 94 valence electrons. The summed E-state index contributed by atoms with van der Waals surface area (Å²) < 4.78 is 23.8. The van der Waals surface area contributed by atoms with Crippen LogP contribution in [0.15, 0.2) is 24.3 Å². The molecule has 0 amide bonds. The van der Waals surface area contributed by atoms with Gasteiger partial charge in [-0.2, -0.15) is 0 Å². The number of hydrogen-bond donors (Lipinski definition) is 1. The van der Waals surface area contributed by atoms with Crippen LogP contribution in [0.3, 0.4) is 0 Å². The second kappa shape index (κ2) is 5.98. The molecule has 0 radical (unpaired) electrons. The van der Waals surface area contributed by atoms with Crippen molar-refractivity contribution in [1.82, 2.24) is 0 Å². The molecule has 1 aliphatic heterocycles. The van der Waals surface area contributed by atoms with E-state index >= 15 is 0 Å². The highest BCUT2D eigenvalue weighted by Crippen LogP contribution is 2.21. The first kappa shape index (κ1) is 12.3. The number of aliphatic hydroxyl groups is 1. The summed E-state index contributed by atoms with van der Waals surface area (Å²) in [6.45, 7) is 1.49. The van der Waals surface area contributed by atoms with Crippen molar-refractivity contribution in [2.75, 3.05) is 19.8 Å². The van der Waals surface area contributed by atoms with E-state index < -0.39 is 11.9 Å². The van der Waals surface area contributed by atoms with Gasteiger partial charge in [-0.05, 0) is 30.9 Å². The minimum Gasteiger partial charge on any atom is -0.488 e. The molecule has 1 aromatic carbocycles. The van der Waals surface area contributed by atoms with Crippen molar-refractivity contribution in [3.05, 3.63) is 30.1 Å². The number of benzene rings is 1. The largest absolute Gasteiger partial charge is 0.488 e. The lowest BCUT2D eigenvalue weighted by molar-refractivity contribution is -0.0106. The summed E-state index contributed by atoms with van der Waals surface area (Å²) in [5, 5.41) is 9.92. The van der Waals surface area contributed by atoms with Crippen molar-refractivity contribution < 1.29 is 19.0 Å². The second-order valence-corrected chi connectivity index (χ2v) is 4.26. The third kappa shape index (κ3) is 3.41. The van der Waals surface area contributed by atoms with Gasteiger partial charge in [0.25, 0.3) is 0 Å². The van der Waals surface area contributed by atoms with Gasteiger partial charge in [-0.3, -0.25) is 0 Å². The fourth-order valence-electron chi connectivity index (χ4n) is 1.97. The molecule has 3 nitrogen and oxygen atoms in total. The van der Waals surface area contributed by atoms with Crippen molar-refractivity contribution in [3.63, 3.8) is 0 Å². The maximum absolute atomic E-state index is 13.3. The van der Waals surface area contributed by atoms with Gasteiger partial charge >= 0.3 is 0 Å². The van der Waals surface area contributed by atoms with Crippen molar-refractivity contribution in [1.29, 1.82) is 0 Å². The van der Waals surface area contributed by atoms with E-state index in [4.69, 9.17) is 9.47 Å². The molecule has 1 atom stereocenters. The minimum absolute atomic E-state index is 0.131. The number of halogens is 1. The SMILES string of the molecule is OC(COc1ccccc1F)C1CCOCC1. The first-order valence-corrected chi connectivity index (χ1v) is 5.90. The first-order chi connectivity index (χ1) is 8.27. The Bertz CT molecular complexity index is 350. The molecule has 0 aromatic heterocycles. The third-order valence-electron chi connectivity index (χ3n) is 3.06. The maximum Gasteiger partial charge on any atom is 0.165 e. The van der Waals surface area contributed by atoms with Crippen LogP contribution in [-0.2, 0) is 4.74 Å². The molecule has 2 rings (SSSR count). The molecule has 1 N–H and O–H groups in total. The quantitative estimate of drug-likeness (QED) is 0.874. The first-order valence-electron chi connectivity index (χ1n) is 5.90. The van der Waals surface area contributed by atoms with Crippen LogP contribution < -0.4 is 4.74 Å². The molecular formula is C13H17FO3. The molecule has 0 bridgehead atoms. The van der Waals surface area contributed by atoms with E-state index in [0.29, 0.717) is 13.2 Å². The lowest BCUT2D eigenvalue weighted by atomic mass is 9.94. The Balaban J connectivity index is 1.83. The van der Waals surface area contributed by atoms with E-state index in [1.165, 1.54) is 6.07 Å². The summed E-state index contributed by atoms with van der Waals surface area (Å²) in [4.78, 5) is 0. The second-order valence-electron chi connectivity index (χ2n) is 4.26. The number of rotatable bonds is 4. The summed E-state index contributed by atoms with van der Waals surface area (Å²) >= 11 is 0. The van der Waals surface area contributed by atoms with Crippen molar-refractivity contribution in [2.45, 2.75) is 18.9 Å². The average molecular weight is 240 g/mol. The molecule has 1 unspecified atom stereocenters. The Morgan fingerprint density at radius 2 is 2.06 bits per heavy atom. The highest BCUT2D eigenvalue weighted by atomic mass is 19.1. The number of ether oxygens (including phenoxy) is 2. The molecule has 1 fully saturated rings. The van der Waals surface area contributed by atoms with Gasteiger partial charge in [0, 0.05) is 13.2 Å². The highest BCUT2D eigenvalue weighted by Gasteiger charge is 2.22. The van der Waals surface area contributed by atoms with Gasteiger partial charge in [0.2, 0.25) is 0 Å². The Kier molecular flexibility index (Phi) is 4.34. The van der Waals surface area contributed by atoms with Crippen molar-refractivity contribution in [3.8, 4) is 5.75 Å². The number of hydrogen-bond acceptors (Lipinski definition) is 3. The molecule has 0 spiro atoms. The molecule has 1 aromatic rings. The van der Waals surface area contributed by atoms with Crippen molar-refractivity contribution >= 4 is 0 Å². The van der Waals surface area contributed by atoms with Gasteiger partial charge in [-0.25, -0.2) is 4.39 Å². The molecular weight excluding hydrogens is 223 g/mol. The zero-order valence-corrected chi connectivity index (χ0v) is 9.64. The van der Waals surface area contributed by atoms with Crippen LogP contribution in [0, 0.1) is 11.7 Å². The van der Waals surface area contributed by atoms with E-state index in [1.54, 1.807) is 18.2 Å². The summed E-state index contributed by atoms with van der Waals surface area (Å²) in [5.41, 5.74) is 0. The van der Waals surface area contributed by atoms with Crippen molar-refractivity contribution in [2.24, 2.45) is 5.92 Å². The standard InChI is InChI=1S/C13H17FO3/c14-11-3-1-2-4-13(11)17-9-12(15)10-5-7-16-8-6-10/h1-4,10,12,15H,5-9H2. The smallest absolute Gasteiger partial charge is 0.165 e. The van der Waals surface area contributed by atoms with Crippen LogP contribution in [0.5, 0.6) is 5.75 Å². The monoisotopic (exact) mass is 240 g/mol. The lowest BCUT2D eigenvalue weighted by Gasteiger charge is -2.26. The van der Waals surface area contributed by atoms with Gasteiger partial charge in [0.1, 0.15) is 6.61 Å². The molecule has 1 heterocycles. The van der Waals surface area contributed by atoms with Crippen LogP contribution in [0.25, 0.3) is 0 Å². The molecule has 4 heteroatoms. The Hall–Kier alpha value is -1.13. The Morgan fingerprint density at radius 1 is 1.35 bits per heavy atom. The fourth-order valence-corrected chi connectivity index (χ4v) is 1.97. The van der Waals surface area contributed by atoms with Gasteiger partial charge < -0.3 is 14.6 Å². The Labute approximate surface area is 100 Å². The van der Waals surface area contributed by atoms with Gasteiger partial charge in [0.15, 0.2) is 11.6 Å².